The normalized spacial score (nSPS) is 26.7. The van der Waals surface area contributed by atoms with Crippen LogP contribution in [0.25, 0.3) is 0 Å². The van der Waals surface area contributed by atoms with E-state index in [1.807, 2.05) is 34.1 Å². The van der Waals surface area contributed by atoms with Gasteiger partial charge in [0.1, 0.15) is 5.75 Å². The molecule has 0 radical (unpaired) electrons. The van der Waals surface area contributed by atoms with Crippen molar-refractivity contribution in [2.24, 2.45) is 5.92 Å². The topological polar surface area (TPSA) is 79.3 Å². The van der Waals surface area contributed by atoms with Crippen molar-refractivity contribution in [1.82, 2.24) is 4.90 Å². The van der Waals surface area contributed by atoms with Crippen molar-refractivity contribution in [1.29, 1.82) is 0 Å². The predicted molar refractivity (Wildman–Crippen MR) is 160 cm³/mol. The van der Waals surface area contributed by atoms with Gasteiger partial charge in [-0.2, -0.15) is 0 Å². The Morgan fingerprint density at radius 1 is 1.12 bits per heavy atom. The summed E-state index contributed by atoms with van der Waals surface area (Å²) in [6.07, 6.45) is 4.43. The molecule has 0 unspecified atom stereocenters. The van der Waals surface area contributed by atoms with Gasteiger partial charge in [-0.1, -0.05) is 49.5 Å². The highest BCUT2D eigenvalue weighted by atomic mass is 28.3. The lowest BCUT2D eigenvalue weighted by Crippen LogP contribution is -2.51. The Kier molecular flexibility index (Phi) is 8.68. The molecule has 0 saturated carbocycles. The molecule has 3 aliphatic heterocycles. The Labute approximate surface area is 239 Å². The maximum atomic E-state index is 13.5. The summed E-state index contributed by atoms with van der Waals surface area (Å²) >= 11 is 0. The van der Waals surface area contributed by atoms with Gasteiger partial charge in [-0.05, 0) is 67.0 Å². The summed E-state index contributed by atoms with van der Waals surface area (Å²) in [5.74, 6) is 1.44. The summed E-state index contributed by atoms with van der Waals surface area (Å²) in [6.45, 7) is 8.64. The molecule has 5 atom stereocenters. The van der Waals surface area contributed by atoms with Crippen LogP contribution in [-0.4, -0.2) is 75.0 Å². The number of hydrogen-bond acceptors (Lipinski definition) is 5. The first-order chi connectivity index (χ1) is 19.2. The van der Waals surface area contributed by atoms with Gasteiger partial charge in [0.15, 0.2) is 0 Å². The highest BCUT2D eigenvalue weighted by Crippen LogP contribution is 2.46. The first kappa shape index (κ1) is 28.8. The lowest BCUT2D eigenvalue weighted by molar-refractivity contribution is -0.135. The maximum absolute atomic E-state index is 13.5. The second-order valence-corrected chi connectivity index (χ2v) is 17.0. The summed E-state index contributed by atoms with van der Waals surface area (Å²) < 4.78 is 12.2. The van der Waals surface area contributed by atoms with Gasteiger partial charge in [-0.15, -0.1) is 0 Å². The second kappa shape index (κ2) is 12.0. The van der Waals surface area contributed by atoms with Gasteiger partial charge in [0, 0.05) is 25.2 Å². The van der Waals surface area contributed by atoms with E-state index in [9.17, 15) is 14.7 Å². The fourth-order valence-electron chi connectivity index (χ4n) is 7.26. The first-order valence-electron chi connectivity index (χ1n) is 14.8. The van der Waals surface area contributed by atoms with Crippen LogP contribution in [0.4, 0.5) is 5.69 Å². The SMILES string of the molecule is COc1ccc([Si](C)(C)[C@H]2[C@H](C)[C@H](CCc3cccc(N4CCC4=O)c3)O[C@@H]2CC(=O)N2CCC[C@H]2CO)cc1. The van der Waals surface area contributed by atoms with Crippen LogP contribution in [0.3, 0.4) is 0 Å². The number of nitrogens with zero attached hydrogens (tertiary/aromatic N) is 2. The van der Waals surface area contributed by atoms with Crippen LogP contribution >= 0.6 is 0 Å². The average molecular weight is 565 g/mol. The molecule has 0 spiro atoms. The van der Waals surface area contributed by atoms with E-state index in [0.29, 0.717) is 18.8 Å². The van der Waals surface area contributed by atoms with Crippen molar-refractivity contribution in [3.8, 4) is 5.75 Å². The van der Waals surface area contributed by atoms with Crippen molar-refractivity contribution >= 4 is 30.8 Å². The largest absolute Gasteiger partial charge is 0.497 e. The summed E-state index contributed by atoms with van der Waals surface area (Å²) in [5, 5.41) is 11.2. The number of amides is 2. The van der Waals surface area contributed by atoms with Gasteiger partial charge in [0.25, 0.3) is 0 Å². The number of aryl methyl sites for hydroxylation is 1. The molecule has 0 aliphatic carbocycles. The van der Waals surface area contributed by atoms with E-state index >= 15 is 0 Å². The minimum absolute atomic E-state index is 0.0217. The molecule has 40 heavy (non-hydrogen) atoms. The number of aliphatic hydroxyl groups excluding tert-OH is 1. The fourth-order valence-corrected chi connectivity index (χ4v) is 11.3. The van der Waals surface area contributed by atoms with Gasteiger partial charge < -0.3 is 24.4 Å². The number of hydrogen-bond donors (Lipinski definition) is 1. The third-order valence-corrected chi connectivity index (χ3v) is 14.0. The molecular formula is C32H44N2O5Si. The molecule has 3 aliphatic rings. The minimum atomic E-state index is -2.06. The number of likely N-dealkylation sites (tertiary alicyclic amines) is 1. The van der Waals surface area contributed by atoms with E-state index in [-0.39, 0.29) is 42.2 Å². The zero-order valence-corrected chi connectivity index (χ0v) is 25.3. The monoisotopic (exact) mass is 564 g/mol. The fraction of sp³-hybridized carbons (Fsp3) is 0.562. The van der Waals surface area contributed by atoms with Crippen molar-refractivity contribution in [3.05, 3.63) is 54.1 Å². The molecule has 2 aromatic rings. The molecule has 7 nitrogen and oxygen atoms in total. The van der Waals surface area contributed by atoms with Crippen molar-refractivity contribution in [2.75, 3.05) is 31.7 Å². The third-order valence-electron chi connectivity index (χ3n) is 9.64. The quantitative estimate of drug-likeness (QED) is 0.347. The van der Waals surface area contributed by atoms with Gasteiger partial charge in [0.05, 0.1) is 46.5 Å². The number of anilines is 1. The van der Waals surface area contributed by atoms with Crippen LogP contribution in [0.2, 0.25) is 18.6 Å². The zero-order chi connectivity index (χ0) is 28.4. The van der Waals surface area contributed by atoms with E-state index in [1.165, 1.54) is 10.8 Å². The number of carbonyl (C=O) groups is 2. The average Bonchev–Trinajstić information content (AvgIpc) is 3.55. The Morgan fingerprint density at radius 2 is 1.90 bits per heavy atom. The van der Waals surface area contributed by atoms with Crippen molar-refractivity contribution < 1.29 is 24.2 Å². The van der Waals surface area contributed by atoms with Gasteiger partial charge >= 0.3 is 0 Å². The van der Waals surface area contributed by atoms with E-state index in [0.717, 1.165) is 50.2 Å². The molecule has 0 bridgehead atoms. The number of ether oxygens (including phenoxy) is 2. The second-order valence-electron chi connectivity index (χ2n) is 12.3. The summed E-state index contributed by atoms with van der Waals surface area (Å²) in [4.78, 5) is 29.2. The third kappa shape index (κ3) is 5.71. The van der Waals surface area contributed by atoms with E-state index in [1.54, 1.807) is 7.11 Å². The van der Waals surface area contributed by atoms with Crippen LogP contribution in [0.5, 0.6) is 5.75 Å². The van der Waals surface area contributed by atoms with Gasteiger partial charge in [-0.25, -0.2) is 0 Å². The summed E-state index contributed by atoms with van der Waals surface area (Å²) in [6, 6.07) is 16.7. The van der Waals surface area contributed by atoms with Crippen LogP contribution < -0.4 is 14.8 Å². The summed E-state index contributed by atoms with van der Waals surface area (Å²) in [5.41, 5.74) is 2.46. The van der Waals surface area contributed by atoms with Crippen LogP contribution in [0.1, 0.15) is 44.6 Å². The van der Waals surface area contributed by atoms with E-state index in [4.69, 9.17) is 9.47 Å². The van der Waals surface area contributed by atoms with Crippen molar-refractivity contribution in [2.45, 2.75) is 82.3 Å². The highest BCUT2D eigenvalue weighted by molar-refractivity contribution is 6.91. The Morgan fingerprint density at radius 3 is 2.55 bits per heavy atom. The number of methoxy groups -OCH3 is 1. The molecule has 216 valence electrons. The van der Waals surface area contributed by atoms with Crippen LogP contribution in [0, 0.1) is 5.92 Å². The number of benzene rings is 2. The molecule has 3 heterocycles. The molecule has 2 amide bonds. The van der Waals surface area contributed by atoms with Crippen molar-refractivity contribution in [3.63, 3.8) is 0 Å². The van der Waals surface area contributed by atoms with Gasteiger partial charge in [0.2, 0.25) is 11.8 Å². The maximum Gasteiger partial charge on any atom is 0.228 e. The smallest absolute Gasteiger partial charge is 0.228 e. The number of rotatable bonds is 10. The molecule has 8 heteroatoms. The molecular weight excluding hydrogens is 520 g/mol. The van der Waals surface area contributed by atoms with E-state index < -0.39 is 8.07 Å². The molecule has 3 saturated heterocycles. The minimum Gasteiger partial charge on any atom is -0.497 e. The lowest BCUT2D eigenvalue weighted by atomic mass is 9.94. The molecule has 2 aromatic carbocycles. The van der Waals surface area contributed by atoms with Gasteiger partial charge in [-0.3, -0.25) is 9.59 Å². The lowest BCUT2D eigenvalue weighted by Gasteiger charge is -2.36. The van der Waals surface area contributed by atoms with Crippen LogP contribution in [0.15, 0.2) is 48.5 Å². The predicted octanol–water partition coefficient (Wildman–Crippen LogP) is 4.13. The molecule has 5 rings (SSSR count). The zero-order valence-electron chi connectivity index (χ0n) is 24.3. The molecule has 0 aromatic heterocycles. The molecule has 1 N–H and O–H groups in total. The highest BCUT2D eigenvalue weighted by Gasteiger charge is 2.51. The first-order valence-corrected chi connectivity index (χ1v) is 17.9. The number of β-lactam (4-membered cyclic amide) rings is 1. The Balaban J connectivity index is 1.35. The Hall–Kier alpha value is -2.68. The number of aliphatic hydroxyl groups is 1. The van der Waals surface area contributed by atoms with Crippen LogP contribution in [-0.2, 0) is 20.7 Å². The van der Waals surface area contributed by atoms with E-state index in [2.05, 4.69) is 44.3 Å². The molecule has 3 fully saturated rings. The number of carbonyl (C=O) groups excluding carboxylic acids is 2. The Bertz CT molecular complexity index is 1200. The standard InChI is InChI=1S/C32H44N2O5Si/c1-22-28(15-10-23-7-5-8-24(19-23)34-18-16-30(34)36)39-29(20-31(37)33-17-6-9-25(33)21-35)32(22)40(3,4)27-13-11-26(38-2)12-14-27/h5,7-8,11-14,19,22,25,28-29,32,35H,6,9-10,15-18,20-21H2,1-4H3/t22-,25+,28+,29-,32+/m1/s1. The summed E-state index contributed by atoms with van der Waals surface area (Å²) in [7, 11) is -0.377.